The lowest BCUT2D eigenvalue weighted by atomic mass is 9.98. The zero-order chi connectivity index (χ0) is 25.3. The van der Waals surface area contributed by atoms with Gasteiger partial charge in [-0.3, -0.25) is 9.59 Å². The van der Waals surface area contributed by atoms with Crippen molar-refractivity contribution in [3.05, 3.63) is 75.3 Å². The third kappa shape index (κ3) is 11.8. The Balaban J connectivity index is 0.00000182. The van der Waals surface area contributed by atoms with E-state index in [0.29, 0.717) is 25.5 Å². The van der Waals surface area contributed by atoms with Gasteiger partial charge in [0.1, 0.15) is 12.4 Å². The normalized spacial score (nSPS) is 11.1. The number of hydrogen-bond donors (Lipinski definition) is 2. The number of nitrogens with one attached hydrogen (secondary N) is 1. The van der Waals surface area contributed by atoms with E-state index < -0.39 is 5.09 Å². The first-order chi connectivity index (χ1) is 16.3. The van der Waals surface area contributed by atoms with Gasteiger partial charge < -0.3 is 24.7 Å². The van der Waals surface area contributed by atoms with Crippen LogP contribution in [0.4, 0.5) is 0 Å². The van der Waals surface area contributed by atoms with E-state index in [1.807, 2.05) is 48.5 Å². The molecule has 186 valence electrons. The van der Waals surface area contributed by atoms with Crippen LogP contribution in [0.5, 0.6) is 5.75 Å². The minimum absolute atomic E-state index is 0.0684. The van der Waals surface area contributed by atoms with E-state index in [1.165, 1.54) is 7.11 Å². The SMILES string of the molecule is COC(=O)CCc1ccc(OCC(CNC(C)C)c2ccc(CO[N+](=O)[O-])cc2)cc1.O=CO. The largest absolute Gasteiger partial charge is 0.493 e. The van der Waals surface area contributed by atoms with Gasteiger partial charge in [-0.05, 0) is 35.2 Å². The Kier molecular flexibility index (Phi) is 13.4. The van der Waals surface area contributed by atoms with Crippen molar-refractivity contribution in [3.8, 4) is 5.75 Å². The van der Waals surface area contributed by atoms with Gasteiger partial charge in [-0.15, -0.1) is 10.1 Å². The lowest BCUT2D eigenvalue weighted by molar-refractivity contribution is -0.763. The Morgan fingerprint density at radius 2 is 1.71 bits per heavy atom. The summed E-state index contributed by atoms with van der Waals surface area (Å²) in [6.07, 6.45) is 0.975. The topological polar surface area (TPSA) is 137 Å². The molecule has 0 aliphatic rings. The maximum Gasteiger partial charge on any atom is 0.305 e. The van der Waals surface area contributed by atoms with Gasteiger partial charge in [0, 0.05) is 24.9 Å². The van der Waals surface area contributed by atoms with Gasteiger partial charge in [0.15, 0.2) is 0 Å². The fourth-order valence-corrected chi connectivity index (χ4v) is 2.96. The molecular formula is C24H32N2O8. The van der Waals surface area contributed by atoms with Gasteiger partial charge in [0.2, 0.25) is 0 Å². The molecule has 0 saturated carbocycles. The van der Waals surface area contributed by atoms with Crippen LogP contribution < -0.4 is 10.1 Å². The maximum atomic E-state index is 11.3. The van der Waals surface area contributed by atoms with Crippen molar-refractivity contribution >= 4 is 12.4 Å². The highest BCUT2D eigenvalue weighted by atomic mass is 16.9. The zero-order valence-electron chi connectivity index (χ0n) is 19.6. The van der Waals surface area contributed by atoms with Gasteiger partial charge in [0.05, 0.1) is 13.7 Å². The number of esters is 1. The van der Waals surface area contributed by atoms with Crippen LogP contribution in [0.15, 0.2) is 48.5 Å². The third-order valence-corrected chi connectivity index (χ3v) is 4.78. The number of aryl methyl sites for hydroxylation is 1. The second-order valence-electron chi connectivity index (χ2n) is 7.63. The van der Waals surface area contributed by atoms with E-state index in [-0.39, 0.29) is 25.0 Å². The van der Waals surface area contributed by atoms with Crippen molar-refractivity contribution in [1.29, 1.82) is 0 Å². The van der Waals surface area contributed by atoms with Crippen LogP contribution >= 0.6 is 0 Å². The first-order valence-electron chi connectivity index (χ1n) is 10.7. The Labute approximate surface area is 198 Å². The van der Waals surface area contributed by atoms with E-state index >= 15 is 0 Å². The number of carbonyl (C=O) groups is 2. The molecule has 0 radical (unpaired) electrons. The van der Waals surface area contributed by atoms with E-state index in [0.717, 1.165) is 29.0 Å². The van der Waals surface area contributed by atoms with E-state index in [1.54, 1.807) is 0 Å². The molecule has 1 atom stereocenters. The molecule has 2 aromatic rings. The van der Waals surface area contributed by atoms with Crippen molar-refractivity contribution in [3.63, 3.8) is 0 Å². The number of carbonyl (C=O) groups excluding carboxylic acids is 1. The van der Waals surface area contributed by atoms with Crippen LogP contribution in [0.25, 0.3) is 0 Å². The molecule has 10 nitrogen and oxygen atoms in total. The molecule has 0 aliphatic heterocycles. The molecule has 1 unspecified atom stereocenters. The highest BCUT2D eigenvalue weighted by Gasteiger charge is 2.14. The van der Waals surface area contributed by atoms with Crippen LogP contribution in [0.3, 0.4) is 0 Å². The number of hydrogen-bond acceptors (Lipinski definition) is 8. The fourth-order valence-electron chi connectivity index (χ4n) is 2.96. The van der Waals surface area contributed by atoms with Crippen molar-refractivity contribution in [1.82, 2.24) is 5.32 Å². The molecule has 0 heterocycles. The molecule has 0 saturated heterocycles. The van der Waals surface area contributed by atoms with Crippen LogP contribution in [0, 0.1) is 10.1 Å². The third-order valence-electron chi connectivity index (χ3n) is 4.78. The molecule has 2 aromatic carbocycles. The minimum Gasteiger partial charge on any atom is -0.493 e. The fraction of sp³-hybridized carbons (Fsp3) is 0.417. The molecule has 0 aromatic heterocycles. The Bertz CT molecular complexity index is 870. The monoisotopic (exact) mass is 476 g/mol. The van der Waals surface area contributed by atoms with Gasteiger partial charge in [0.25, 0.3) is 11.6 Å². The lowest BCUT2D eigenvalue weighted by Gasteiger charge is -2.21. The lowest BCUT2D eigenvalue weighted by Crippen LogP contribution is -2.30. The first-order valence-corrected chi connectivity index (χ1v) is 10.7. The van der Waals surface area contributed by atoms with Crippen LogP contribution in [-0.4, -0.2) is 48.9 Å². The summed E-state index contributed by atoms with van der Waals surface area (Å²) in [6.45, 7) is 5.07. The molecule has 0 fully saturated rings. The molecule has 10 heteroatoms. The molecule has 0 amide bonds. The molecule has 2 rings (SSSR count). The molecule has 34 heavy (non-hydrogen) atoms. The summed E-state index contributed by atoms with van der Waals surface area (Å²) in [7, 11) is 1.39. The standard InChI is InChI=1S/C23H30N2O6.CH2O2/c1-17(2)24-14-21(20-9-4-19(5-10-20)15-31-25(27)28)16-30-22-11-6-18(7-12-22)8-13-23(26)29-3;2-1-3/h4-7,9-12,17,21,24H,8,13-16H2,1-3H3;1H,(H,2,3). The highest BCUT2D eigenvalue weighted by molar-refractivity contribution is 5.69. The van der Waals surface area contributed by atoms with Gasteiger partial charge in [-0.2, -0.15) is 0 Å². The summed E-state index contributed by atoms with van der Waals surface area (Å²) in [6, 6.07) is 15.6. The van der Waals surface area contributed by atoms with Crippen molar-refractivity contribution in [2.24, 2.45) is 0 Å². The van der Waals surface area contributed by atoms with E-state index in [4.69, 9.17) is 14.6 Å². The predicted octanol–water partition coefficient (Wildman–Crippen LogP) is 3.36. The van der Waals surface area contributed by atoms with Gasteiger partial charge >= 0.3 is 5.97 Å². The van der Waals surface area contributed by atoms with Gasteiger partial charge in [-0.25, -0.2) is 0 Å². The number of nitrogens with zero attached hydrogens (tertiary/aromatic N) is 1. The maximum absolute atomic E-state index is 11.3. The number of carboxylic acid groups (broad SMARTS) is 1. The highest BCUT2D eigenvalue weighted by Crippen LogP contribution is 2.20. The quantitative estimate of drug-likeness (QED) is 0.193. The number of ether oxygens (including phenoxy) is 2. The number of rotatable bonds is 13. The second kappa shape index (κ2) is 16.0. The summed E-state index contributed by atoms with van der Waals surface area (Å²) >= 11 is 0. The second-order valence-corrected chi connectivity index (χ2v) is 7.63. The molecule has 0 spiro atoms. The zero-order valence-corrected chi connectivity index (χ0v) is 19.6. The number of methoxy groups -OCH3 is 1. The smallest absolute Gasteiger partial charge is 0.305 e. The summed E-state index contributed by atoms with van der Waals surface area (Å²) in [5.74, 6) is 0.635. The minimum atomic E-state index is -0.794. The Morgan fingerprint density at radius 3 is 2.24 bits per heavy atom. The average molecular weight is 477 g/mol. The van der Waals surface area contributed by atoms with Crippen molar-refractivity contribution in [2.75, 3.05) is 20.3 Å². The molecular weight excluding hydrogens is 444 g/mol. The molecule has 2 N–H and O–H groups in total. The van der Waals surface area contributed by atoms with Gasteiger partial charge in [-0.1, -0.05) is 50.2 Å². The summed E-state index contributed by atoms with van der Waals surface area (Å²) in [5, 5.41) is 19.9. The number of benzene rings is 2. The van der Waals surface area contributed by atoms with Crippen LogP contribution in [0.2, 0.25) is 0 Å². The molecule has 0 aliphatic carbocycles. The van der Waals surface area contributed by atoms with Crippen LogP contribution in [-0.2, 0) is 32.2 Å². The predicted molar refractivity (Wildman–Crippen MR) is 125 cm³/mol. The van der Waals surface area contributed by atoms with E-state index in [2.05, 4.69) is 28.7 Å². The summed E-state index contributed by atoms with van der Waals surface area (Å²) in [5.41, 5.74) is 2.86. The Hall–Kier alpha value is -3.66. The van der Waals surface area contributed by atoms with Crippen LogP contribution in [0.1, 0.15) is 42.9 Å². The summed E-state index contributed by atoms with van der Waals surface area (Å²) in [4.78, 5) is 34.4. The summed E-state index contributed by atoms with van der Waals surface area (Å²) < 4.78 is 10.7. The Morgan fingerprint density at radius 1 is 1.12 bits per heavy atom. The first kappa shape index (κ1) is 28.4. The van der Waals surface area contributed by atoms with Crippen molar-refractivity contribution in [2.45, 2.75) is 45.3 Å². The average Bonchev–Trinajstić information content (AvgIpc) is 2.82. The van der Waals surface area contributed by atoms with E-state index in [9.17, 15) is 14.9 Å². The van der Waals surface area contributed by atoms with Crippen molar-refractivity contribution < 1.29 is 34.1 Å². The molecule has 0 bridgehead atoms.